The SMILES string of the molecule is O=C(CCN1C(=O)/C(=C/c2ccc(F)cc2)SC1=S)N1CCN(CCc2ccccn2)CC1. The molecule has 0 spiro atoms. The summed E-state index contributed by atoms with van der Waals surface area (Å²) in [5, 5.41) is 0. The van der Waals surface area contributed by atoms with Crippen LogP contribution in [0, 0.1) is 5.82 Å². The first-order valence-electron chi connectivity index (χ1n) is 10.9. The number of halogens is 1. The number of piperazine rings is 1. The minimum atomic E-state index is -0.327. The summed E-state index contributed by atoms with van der Waals surface area (Å²) in [6.07, 6.45) is 4.65. The van der Waals surface area contributed by atoms with Gasteiger partial charge in [-0.25, -0.2) is 4.39 Å². The highest BCUT2D eigenvalue weighted by Gasteiger charge is 2.32. The van der Waals surface area contributed by atoms with E-state index in [1.807, 2.05) is 29.3 Å². The molecule has 1 aromatic carbocycles. The molecule has 3 heterocycles. The molecule has 2 saturated heterocycles. The molecule has 1 aromatic heterocycles. The number of carbonyl (C=O) groups excluding carboxylic acids is 2. The predicted molar refractivity (Wildman–Crippen MR) is 132 cm³/mol. The third-order valence-corrected chi connectivity index (χ3v) is 7.10. The van der Waals surface area contributed by atoms with Gasteiger partial charge in [0.25, 0.3) is 5.91 Å². The lowest BCUT2D eigenvalue weighted by Gasteiger charge is -2.35. The van der Waals surface area contributed by atoms with Crippen LogP contribution in [0.25, 0.3) is 6.08 Å². The van der Waals surface area contributed by atoms with Gasteiger partial charge in [-0.15, -0.1) is 0 Å². The highest BCUT2D eigenvalue weighted by molar-refractivity contribution is 8.26. The summed E-state index contributed by atoms with van der Waals surface area (Å²) in [4.78, 5) is 36.0. The number of aromatic nitrogens is 1. The molecule has 4 rings (SSSR count). The van der Waals surface area contributed by atoms with Gasteiger partial charge in [-0.1, -0.05) is 42.2 Å². The average Bonchev–Trinajstić information content (AvgIpc) is 3.10. The number of hydrogen-bond acceptors (Lipinski definition) is 6. The summed E-state index contributed by atoms with van der Waals surface area (Å²) in [6.45, 7) is 4.23. The lowest BCUT2D eigenvalue weighted by atomic mass is 10.2. The number of thiocarbonyl (C=S) groups is 1. The molecule has 6 nitrogen and oxygen atoms in total. The fourth-order valence-corrected chi connectivity index (χ4v) is 5.12. The molecule has 0 atom stereocenters. The Morgan fingerprint density at radius 3 is 2.55 bits per heavy atom. The first-order valence-corrected chi connectivity index (χ1v) is 12.1. The molecule has 33 heavy (non-hydrogen) atoms. The molecule has 0 saturated carbocycles. The Labute approximate surface area is 202 Å². The van der Waals surface area contributed by atoms with Crippen molar-refractivity contribution in [2.24, 2.45) is 0 Å². The summed E-state index contributed by atoms with van der Waals surface area (Å²) in [5.41, 5.74) is 1.81. The summed E-state index contributed by atoms with van der Waals surface area (Å²) in [5.74, 6) is -0.496. The Morgan fingerprint density at radius 2 is 1.85 bits per heavy atom. The van der Waals surface area contributed by atoms with Crippen molar-refractivity contribution in [3.8, 4) is 0 Å². The summed E-state index contributed by atoms with van der Waals surface area (Å²) in [6, 6.07) is 11.9. The molecule has 0 N–H and O–H groups in total. The number of hydrogen-bond donors (Lipinski definition) is 0. The van der Waals surface area contributed by atoms with Gasteiger partial charge in [0.1, 0.15) is 10.1 Å². The van der Waals surface area contributed by atoms with Crippen LogP contribution in [-0.2, 0) is 16.0 Å². The summed E-state index contributed by atoms with van der Waals surface area (Å²) in [7, 11) is 0. The zero-order chi connectivity index (χ0) is 23.2. The predicted octanol–water partition coefficient (Wildman–Crippen LogP) is 3.20. The topological polar surface area (TPSA) is 56.8 Å². The maximum atomic E-state index is 13.1. The van der Waals surface area contributed by atoms with Crippen LogP contribution in [0.15, 0.2) is 53.6 Å². The number of pyridine rings is 1. The fourth-order valence-electron chi connectivity index (χ4n) is 3.81. The second-order valence-electron chi connectivity index (χ2n) is 7.93. The van der Waals surface area contributed by atoms with Crippen LogP contribution in [0.5, 0.6) is 0 Å². The van der Waals surface area contributed by atoms with E-state index in [-0.39, 0.29) is 30.6 Å². The smallest absolute Gasteiger partial charge is 0.266 e. The maximum Gasteiger partial charge on any atom is 0.266 e. The molecule has 0 radical (unpaired) electrons. The van der Waals surface area contributed by atoms with Gasteiger partial charge in [-0.3, -0.25) is 24.4 Å². The number of rotatable bonds is 7. The lowest BCUT2D eigenvalue weighted by molar-refractivity contribution is -0.133. The van der Waals surface area contributed by atoms with E-state index in [0.29, 0.717) is 22.3 Å². The lowest BCUT2D eigenvalue weighted by Crippen LogP contribution is -2.49. The first kappa shape index (κ1) is 23.5. The zero-order valence-corrected chi connectivity index (χ0v) is 19.8. The Bertz CT molecular complexity index is 1040. The van der Waals surface area contributed by atoms with Gasteiger partial charge in [-0.2, -0.15) is 0 Å². The Morgan fingerprint density at radius 1 is 1.09 bits per heavy atom. The van der Waals surface area contributed by atoms with Crippen molar-refractivity contribution in [1.82, 2.24) is 19.7 Å². The second kappa shape index (κ2) is 11.0. The number of nitrogens with zero attached hydrogens (tertiary/aromatic N) is 4. The van der Waals surface area contributed by atoms with E-state index in [1.165, 1.54) is 28.8 Å². The van der Waals surface area contributed by atoms with Crippen molar-refractivity contribution in [2.45, 2.75) is 12.8 Å². The molecular formula is C24H25FN4O2S2. The van der Waals surface area contributed by atoms with Crippen molar-refractivity contribution in [3.05, 3.63) is 70.6 Å². The van der Waals surface area contributed by atoms with Gasteiger partial charge < -0.3 is 4.90 Å². The molecule has 2 aromatic rings. The summed E-state index contributed by atoms with van der Waals surface area (Å²) >= 11 is 6.57. The minimum absolute atomic E-state index is 0.0379. The Hall–Kier alpha value is -2.62. The number of carbonyl (C=O) groups is 2. The molecule has 2 fully saturated rings. The van der Waals surface area contributed by atoms with Gasteiger partial charge in [0, 0.05) is 64.0 Å². The third kappa shape index (κ3) is 6.25. The molecule has 2 amide bonds. The largest absolute Gasteiger partial charge is 0.340 e. The van der Waals surface area contributed by atoms with Gasteiger partial charge in [0.15, 0.2) is 0 Å². The van der Waals surface area contributed by atoms with Crippen LogP contribution in [0.1, 0.15) is 17.7 Å². The van der Waals surface area contributed by atoms with Crippen molar-refractivity contribution in [3.63, 3.8) is 0 Å². The van der Waals surface area contributed by atoms with Crippen molar-refractivity contribution in [2.75, 3.05) is 39.3 Å². The Balaban J connectivity index is 1.23. The molecule has 172 valence electrons. The molecule has 2 aliphatic rings. The van der Waals surface area contributed by atoms with E-state index >= 15 is 0 Å². The second-order valence-corrected chi connectivity index (χ2v) is 9.60. The monoisotopic (exact) mass is 484 g/mol. The Kier molecular flexibility index (Phi) is 7.85. The van der Waals surface area contributed by atoms with Gasteiger partial charge in [-0.05, 0) is 35.9 Å². The molecule has 0 bridgehead atoms. The minimum Gasteiger partial charge on any atom is -0.340 e. The number of benzene rings is 1. The summed E-state index contributed by atoms with van der Waals surface area (Å²) < 4.78 is 13.5. The van der Waals surface area contributed by atoms with Crippen molar-refractivity contribution < 1.29 is 14.0 Å². The first-order chi connectivity index (χ1) is 16.0. The van der Waals surface area contributed by atoms with E-state index in [1.54, 1.807) is 18.2 Å². The number of thioether (sulfide) groups is 1. The van der Waals surface area contributed by atoms with Crippen LogP contribution in [0.3, 0.4) is 0 Å². The van der Waals surface area contributed by atoms with Gasteiger partial charge in [0.05, 0.1) is 4.91 Å². The maximum absolute atomic E-state index is 13.1. The molecular weight excluding hydrogens is 459 g/mol. The van der Waals surface area contributed by atoms with E-state index in [9.17, 15) is 14.0 Å². The van der Waals surface area contributed by atoms with Crippen LogP contribution in [0.4, 0.5) is 4.39 Å². The van der Waals surface area contributed by atoms with E-state index in [4.69, 9.17) is 12.2 Å². The van der Waals surface area contributed by atoms with Gasteiger partial charge in [0.2, 0.25) is 5.91 Å². The van der Waals surface area contributed by atoms with Crippen molar-refractivity contribution in [1.29, 1.82) is 0 Å². The molecule has 9 heteroatoms. The molecule has 2 aliphatic heterocycles. The normalized spacial score (nSPS) is 18.4. The van der Waals surface area contributed by atoms with E-state index in [0.717, 1.165) is 37.3 Å². The standard InChI is InChI=1S/C24H25FN4O2S2/c25-19-6-4-18(5-7-19)17-21-23(31)29(24(32)33-21)12-9-22(30)28-15-13-27(14-16-28)11-8-20-3-1-2-10-26-20/h1-7,10,17H,8-9,11-16H2/b21-17-. The van der Waals surface area contributed by atoms with Crippen LogP contribution in [-0.4, -0.2) is 75.1 Å². The highest BCUT2D eigenvalue weighted by atomic mass is 32.2. The average molecular weight is 485 g/mol. The van der Waals surface area contributed by atoms with E-state index in [2.05, 4.69) is 9.88 Å². The quantitative estimate of drug-likeness (QED) is 0.445. The van der Waals surface area contributed by atoms with E-state index < -0.39 is 0 Å². The zero-order valence-electron chi connectivity index (χ0n) is 18.2. The fraction of sp³-hybridized carbons (Fsp3) is 0.333. The van der Waals surface area contributed by atoms with Gasteiger partial charge >= 0.3 is 0 Å². The van der Waals surface area contributed by atoms with Crippen LogP contribution >= 0.6 is 24.0 Å². The highest BCUT2D eigenvalue weighted by Crippen LogP contribution is 2.32. The van der Waals surface area contributed by atoms with Crippen LogP contribution in [0.2, 0.25) is 0 Å². The molecule has 0 aliphatic carbocycles. The van der Waals surface area contributed by atoms with Crippen LogP contribution < -0.4 is 0 Å². The number of amides is 2. The van der Waals surface area contributed by atoms with Crippen molar-refractivity contribution >= 4 is 46.2 Å². The molecule has 0 unspecified atom stereocenters. The third-order valence-electron chi connectivity index (χ3n) is 5.73.